The van der Waals surface area contributed by atoms with Crippen LogP contribution in [0.2, 0.25) is 0 Å². The number of rotatable bonds is 8. The lowest BCUT2D eigenvalue weighted by Crippen LogP contribution is -2.51. The predicted octanol–water partition coefficient (Wildman–Crippen LogP) is 2.57. The van der Waals surface area contributed by atoms with Crippen molar-refractivity contribution in [2.75, 3.05) is 7.11 Å². The van der Waals surface area contributed by atoms with Crippen LogP contribution in [0, 0.1) is 5.92 Å². The van der Waals surface area contributed by atoms with E-state index < -0.39 is 30.1 Å². The molecule has 2 N–H and O–H groups in total. The van der Waals surface area contributed by atoms with E-state index in [0.29, 0.717) is 0 Å². The van der Waals surface area contributed by atoms with Crippen molar-refractivity contribution >= 4 is 18.0 Å². The van der Waals surface area contributed by atoms with Crippen molar-refractivity contribution < 1.29 is 23.9 Å². The van der Waals surface area contributed by atoms with Crippen LogP contribution in [0.4, 0.5) is 4.79 Å². The van der Waals surface area contributed by atoms with Gasteiger partial charge in [0.05, 0.1) is 25.7 Å². The average Bonchev–Trinajstić information content (AvgIpc) is 2.58. The van der Waals surface area contributed by atoms with Crippen LogP contribution in [-0.2, 0) is 19.1 Å². The summed E-state index contributed by atoms with van der Waals surface area (Å²) < 4.78 is 9.77. The zero-order valence-electron chi connectivity index (χ0n) is 15.9. The van der Waals surface area contributed by atoms with Gasteiger partial charge in [-0.05, 0) is 25.3 Å². The normalized spacial score (nSPS) is 13.0. The molecule has 0 radical (unpaired) electrons. The quantitative estimate of drug-likeness (QED) is 0.692. The molecule has 0 spiro atoms. The van der Waals surface area contributed by atoms with Crippen LogP contribution in [-0.4, -0.2) is 37.2 Å². The third-order valence-electron chi connectivity index (χ3n) is 3.68. The van der Waals surface area contributed by atoms with Crippen molar-refractivity contribution in [3.63, 3.8) is 0 Å². The molecule has 1 unspecified atom stereocenters. The van der Waals surface area contributed by atoms with E-state index in [1.165, 1.54) is 7.11 Å². The number of alkyl carbamates (subject to hydrolysis) is 1. The van der Waals surface area contributed by atoms with Gasteiger partial charge in [0, 0.05) is 0 Å². The summed E-state index contributed by atoms with van der Waals surface area (Å²) in [4.78, 5) is 36.3. The predicted molar refractivity (Wildman–Crippen MR) is 97.3 cm³/mol. The highest BCUT2D eigenvalue weighted by Gasteiger charge is 2.28. The van der Waals surface area contributed by atoms with Gasteiger partial charge in [-0.1, -0.05) is 44.2 Å². The second kappa shape index (κ2) is 10.4. The van der Waals surface area contributed by atoms with Crippen molar-refractivity contribution in [1.29, 1.82) is 0 Å². The van der Waals surface area contributed by atoms with E-state index >= 15 is 0 Å². The number of carbonyl (C=O) groups is 3. The molecule has 0 aliphatic heterocycles. The number of nitrogens with one attached hydrogen (secondary N) is 2. The fraction of sp³-hybridized carbons (Fsp3) is 0.526. The highest BCUT2D eigenvalue weighted by molar-refractivity contribution is 5.86. The molecule has 0 aliphatic carbocycles. The molecule has 1 aromatic carbocycles. The highest BCUT2D eigenvalue weighted by Crippen LogP contribution is 2.18. The smallest absolute Gasteiger partial charge is 0.408 e. The number of carbonyl (C=O) groups excluding carboxylic acids is 3. The molecule has 0 bridgehead atoms. The molecule has 2 amide bonds. The SMILES string of the molecule is COC(=O)CC(NC(=O)[C@@H](NC(=O)OC(C)C)C(C)C)c1ccccc1. The van der Waals surface area contributed by atoms with Crippen molar-refractivity contribution in [2.24, 2.45) is 5.92 Å². The van der Waals surface area contributed by atoms with E-state index in [2.05, 4.69) is 10.6 Å². The molecule has 144 valence electrons. The van der Waals surface area contributed by atoms with Gasteiger partial charge in [-0.2, -0.15) is 0 Å². The minimum Gasteiger partial charge on any atom is -0.469 e. The number of esters is 1. The standard InChI is InChI=1S/C19H28N2O5/c1-12(2)17(21-19(24)26-13(3)4)18(23)20-15(11-16(22)25-5)14-9-7-6-8-10-14/h6-10,12-13,15,17H,11H2,1-5H3,(H,20,23)(H,21,24)/t15?,17-/m0/s1. The Morgan fingerprint density at radius 1 is 1.00 bits per heavy atom. The van der Waals surface area contributed by atoms with E-state index in [0.717, 1.165) is 5.56 Å². The van der Waals surface area contributed by atoms with Crippen LogP contribution in [0.1, 0.15) is 45.7 Å². The maximum atomic E-state index is 12.7. The summed E-state index contributed by atoms with van der Waals surface area (Å²) in [5.74, 6) is -0.991. The molecule has 0 aromatic heterocycles. The molecule has 26 heavy (non-hydrogen) atoms. The number of hydrogen-bond acceptors (Lipinski definition) is 5. The van der Waals surface area contributed by atoms with E-state index in [1.54, 1.807) is 13.8 Å². The van der Waals surface area contributed by atoms with Gasteiger partial charge in [0.15, 0.2) is 0 Å². The van der Waals surface area contributed by atoms with Gasteiger partial charge in [-0.25, -0.2) is 4.79 Å². The van der Waals surface area contributed by atoms with Crippen molar-refractivity contribution in [3.8, 4) is 0 Å². The van der Waals surface area contributed by atoms with E-state index in [4.69, 9.17) is 9.47 Å². The Morgan fingerprint density at radius 3 is 2.12 bits per heavy atom. The molecule has 0 saturated heterocycles. The molecule has 1 aromatic rings. The van der Waals surface area contributed by atoms with Gasteiger partial charge >= 0.3 is 12.1 Å². The molecule has 0 fully saturated rings. The molecular weight excluding hydrogens is 336 g/mol. The largest absolute Gasteiger partial charge is 0.469 e. The first-order valence-corrected chi connectivity index (χ1v) is 8.63. The molecular formula is C19H28N2O5. The van der Waals surface area contributed by atoms with Crippen LogP contribution in [0.5, 0.6) is 0 Å². The first kappa shape index (κ1) is 21.5. The minimum atomic E-state index is -0.787. The Bertz CT molecular complexity index is 601. The lowest BCUT2D eigenvalue weighted by Gasteiger charge is -2.25. The van der Waals surface area contributed by atoms with Crippen LogP contribution < -0.4 is 10.6 Å². The Morgan fingerprint density at radius 2 is 1.62 bits per heavy atom. The Balaban J connectivity index is 2.90. The number of amides is 2. The van der Waals surface area contributed by atoms with Crippen LogP contribution >= 0.6 is 0 Å². The Hall–Kier alpha value is -2.57. The van der Waals surface area contributed by atoms with Gasteiger partial charge in [-0.3, -0.25) is 9.59 Å². The summed E-state index contributed by atoms with van der Waals surface area (Å²) in [6, 6.07) is 7.79. The molecule has 7 heteroatoms. The van der Waals surface area contributed by atoms with Gasteiger partial charge < -0.3 is 20.1 Å². The topological polar surface area (TPSA) is 93.7 Å². The maximum absolute atomic E-state index is 12.7. The number of benzene rings is 1. The van der Waals surface area contributed by atoms with Crippen LogP contribution in [0.15, 0.2) is 30.3 Å². The number of ether oxygens (including phenoxy) is 2. The van der Waals surface area contributed by atoms with Crippen LogP contribution in [0.3, 0.4) is 0 Å². The molecule has 0 aliphatic rings. The average molecular weight is 364 g/mol. The van der Waals surface area contributed by atoms with E-state index in [9.17, 15) is 14.4 Å². The third-order valence-corrected chi connectivity index (χ3v) is 3.68. The minimum absolute atomic E-state index is 0.00644. The van der Waals surface area contributed by atoms with Gasteiger partial charge in [0.2, 0.25) is 5.91 Å². The summed E-state index contributed by atoms with van der Waals surface area (Å²) in [6.45, 7) is 7.09. The lowest BCUT2D eigenvalue weighted by atomic mass is 10.00. The molecule has 7 nitrogen and oxygen atoms in total. The summed E-state index contributed by atoms with van der Waals surface area (Å²) in [6.07, 6.45) is -0.951. The van der Waals surface area contributed by atoms with Gasteiger partial charge in [0.25, 0.3) is 0 Å². The Labute approximate surface area is 154 Å². The summed E-state index contributed by atoms with van der Waals surface area (Å²) >= 11 is 0. The molecule has 0 saturated carbocycles. The lowest BCUT2D eigenvalue weighted by molar-refractivity contribution is -0.141. The third kappa shape index (κ3) is 7.13. The zero-order valence-corrected chi connectivity index (χ0v) is 15.9. The highest BCUT2D eigenvalue weighted by atomic mass is 16.6. The van der Waals surface area contributed by atoms with Crippen molar-refractivity contribution in [3.05, 3.63) is 35.9 Å². The second-order valence-corrected chi connectivity index (χ2v) is 6.57. The fourth-order valence-electron chi connectivity index (χ4n) is 2.36. The number of methoxy groups -OCH3 is 1. The maximum Gasteiger partial charge on any atom is 0.408 e. The summed E-state index contributed by atoms with van der Waals surface area (Å²) in [5.41, 5.74) is 0.776. The van der Waals surface area contributed by atoms with E-state index in [1.807, 2.05) is 44.2 Å². The molecule has 2 atom stereocenters. The fourth-order valence-corrected chi connectivity index (χ4v) is 2.36. The summed E-state index contributed by atoms with van der Waals surface area (Å²) in [5, 5.41) is 5.41. The van der Waals surface area contributed by atoms with Crippen molar-refractivity contribution in [2.45, 2.75) is 52.3 Å². The second-order valence-electron chi connectivity index (χ2n) is 6.57. The van der Waals surface area contributed by atoms with Crippen molar-refractivity contribution in [1.82, 2.24) is 10.6 Å². The first-order valence-electron chi connectivity index (χ1n) is 8.63. The number of hydrogen-bond donors (Lipinski definition) is 2. The Kier molecular flexibility index (Phi) is 8.61. The van der Waals surface area contributed by atoms with Crippen LogP contribution in [0.25, 0.3) is 0 Å². The molecule has 1 rings (SSSR count). The first-order chi connectivity index (χ1) is 12.2. The zero-order chi connectivity index (χ0) is 19.7. The van der Waals surface area contributed by atoms with E-state index in [-0.39, 0.29) is 18.4 Å². The van der Waals surface area contributed by atoms with Gasteiger partial charge in [0.1, 0.15) is 6.04 Å². The monoisotopic (exact) mass is 364 g/mol. The van der Waals surface area contributed by atoms with Gasteiger partial charge in [-0.15, -0.1) is 0 Å². The summed E-state index contributed by atoms with van der Waals surface area (Å²) in [7, 11) is 1.30. The molecule has 0 heterocycles.